The van der Waals surface area contributed by atoms with Crippen molar-refractivity contribution < 1.29 is 8.42 Å². The molecule has 0 spiro atoms. The number of nitrogens with one attached hydrogen (secondary N) is 1. The molecule has 8 heteroatoms. The van der Waals surface area contributed by atoms with Crippen LogP contribution in [-0.2, 0) is 10.0 Å². The average Bonchev–Trinajstić information content (AvgIpc) is 2.78. The standard InChI is InChI=1S/C11H22N4O2S2/c1-5-15(6-2)19(16,17)8-7-12-11-14-13-10(18-11)9(3)4/h9H,5-8H2,1-4H3,(H,12,14). The van der Waals surface area contributed by atoms with Gasteiger partial charge in [0.05, 0.1) is 5.75 Å². The van der Waals surface area contributed by atoms with Gasteiger partial charge in [-0.1, -0.05) is 39.0 Å². The summed E-state index contributed by atoms with van der Waals surface area (Å²) in [5, 5.41) is 12.7. The van der Waals surface area contributed by atoms with Crippen molar-refractivity contribution in [2.45, 2.75) is 33.6 Å². The molecule has 0 saturated carbocycles. The zero-order valence-corrected chi connectivity index (χ0v) is 13.5. The van der Waals surface area contributed by atoms with Crippen LogP contribution in [0.2, 0.25) is 0 Å². The Labute approximate surface area is 119 Å². The number of hydrogen-bond acceptors (Lipinski definition) is 6. The Morgan fingerprint density at radius 2 is 1.89 bits per heavy atom. The summed E-state index contributed by atoms with van der Waals surface area (Å²) in [6, 6.07) is 0. The topological polar surface area (TPSA) is 75.2 Å². The van der Waals surface area contributed by atoms with Crippen molar-refractivity contribution in [3.8, 4) is 0 Å². The monoisotopic (exact) mass is 306 g/mol. The molecule has 0 radical (unpaired) electrons. The molecule has 6 nitrogen and oxygen atoms in total. The molecule has 0 atom stereocenters. The first-order valence-corrected chi connectivity index (χ1v) is 8.88. The molecule has 0 aliphatic rings. The molecular weight excluding hydrogens is 284 g/mol. The summed E-state index contributed by atoms with van der Waals surface area (Å²) in [6.45, 7) is 9.16. The van der Waals surface area contributed by atoms with E-state index in [0.29, 0.717) is 30.7 Å². The van der Waals surface area contributed by atoms with E-state index in [1.54, 1.807) is 0 Å². The highest BCUT2D eigenvalue weighted by atomic mass is 32.2. The molecular formula is C11H22N4O2S2. The Kier molecular flexibility index (Phi) is 6.15. The number of rotatable bonds is 8. The summed E-state index contributed by atoms with van der Waals surface area (Å²) >= 11 is 1.47. The molecule has 0 aromatic carbocycles. The van der Waals surface area contributed by atoms with Crippen molar-refractivity contribution in [1.29, 1.82) is 0 Å². The van der Waals surface area contributed by atoms with Gasteiger partial charge in [0.1, 0.15) is 5.01 Å². The zero-order chi connectivity index (χ0) is 14.5. The largest absolute Gasteiger partial charge is 0.359 e. The number of nitrogens with zero attached hydrogens (tertiary/aromatic N) is 3. The molecule has 0 fully saturated rings. The van der Waals surface area contributed by atoms with Crippen LogP contribution in [-0.4, -0.2) is 48.3 Å². The molecule has 110 valence electrons. The number of anilines is 1. The Morgan fingerprint density at radius 1 is 1.26 bits per heavy atom. The highest BCUT2D eigenvalue weighted by Gasteiger charge is 2.18. The molecule has 0 saturated heterocycles. The third kappa shape index (κ3) is 4.70. The van der Waals surface area contributed by atoms with Gasteiger partial charge in [-0.05, 0) is 0 Å². The van der Waals surface area contributed by atoms with Crippen molar-refractivity contribution >= 4 is 26.5 Å². The van der Waals surface area contributed by atoms with Crippen molar-refractivity contribution in [2.24, 2.45) is 0 Å². The van der Waals surface area contributed by atoms with Gasteiger partial charge >= 0.3 is 0 Å². The van der Waals surface area contributed by atoms with Gasteiger partial charge in [-0.3, -0.25) is 0 Å². The van der Waals surface area contributed by atoms with Crippen LogP contribution in [0.3, 0.4) is 0 Å². The van der Waals surface area contributed by atoms with Gasteiger partial charge in [0.15, 0.2) is 0 Å². The first-order chi connectivity index (χ1) is 8.90. The molecule has 0 aliphatic carbocycles. The lowest BCUT2D eigenvalue weighted by Crippen LogP contribution is -2.34. The summed E-state index contributed by atoms with van der Waals surface area (Å²) in [5.74, 6) is 0.415. The molecule has 0 unspecified atom stereocenters. The predicted octanol–water partition coefficient (Wildman–Crippen LogP) is 1.74. The minimum absolute atomic E-state index is 0.0747. The summed E-state index contributed by atoms with van der Waals surface area (Å²) in [5.41, 5.74) is 0. The second kappa shape index (κ2) is 7.16. The van der Waals surface area contributed by atoms with Crippen molar-refractivity contribution in [1.82, 2.24) is 14.5 Å². The Bertz CT molecular complexity index is 481. The summed E-state index contributed by atoms with van der Waals surface area (Å²) in [6.07, 6.45) is 0. The first kappa shape index (κ1) is 16.3. The zero-order valence-electron chi connectivity index (χ0n) is 11.9. The molecule has 1 rings (SSSR count). The first-order valence-electron chi connectivity index (χ1n) is 6.45. The molecule has 0 amide bonds. The van der Waals surface area contributed by atoms with Gasteiger partial charge in [-0.25, -0.2) is 12.7 Å². The summed E-state index contributed by atoms with van der Waals surface area (Å²) in [4.78, 5) is 0. The smallest absolute Gasteiger partial charge is 0.215 e. The van der Waals surface area contributed by atoms with Crippen molar-refractivity contribution in [2.75, 3.05) is 30.7 Å². The van der Waals surface area contributed by atoms with Crippen LogP contribution >= 0.6 is 11.3 Å². The minimum Gasteiger partial charge on any atom is -0.359 e. The normalized spacial score (nSPS) is 12.3. The fourth-order valence-corrected chi connectivity index (χ4v) is 3.75. The van der Waals surface area contributed by atoms with Gasteiger partial charge < -0.3 is 5.32 Å². The van der Waals surface area contributed by atoms with E-state index in [0.717, 1.165) is 5.01 Å². The van der Waals surface area contributed by atoms with Gasteiger partial charge in [0, 0.05) is 25.6 Å². The van der Waals surface area contributed by atoms with Crippen LogP contribution in [0.25, 0.3) is 0 Å². The van der Waals surface area contributed by atoms with Crippen LogP contribution in [0.15, 0.2) is 0 Å². The second-order valence-electron chi connectivity index (χ2n) is 4.43. The molecule has 0 bridgehead atoms. The van der Waals surface area contributed by atoms with E-state index in [9.17, 15) is 8.42 Å². The minimum atomic E-state index is -3.17. The van der Waals surface area contributed by atoms with Crippen LogP contribution in [0, 0.1) is 0 Å². The quantitative estimate of drug-likeness (QED) is 0.792. The number of hydrogen-bond donors (Lipinski definition) is 1. The van der Waals surface area contributed by atoms with E-state index in [-0.39, 0.29) is 5.75 Å². The van der Waals surface area contributed by atoms with Crippen molar-refractivity contribution in [3.63, 3.8) is 0 Å². The molecule has 1 aromatic rings. The SMILES string of the molecule is CCN(CC)S(=O)(=O)CCNc1nnc(C(C)C)s1. The maximum atomic E-state index is 11.9. The molecule has 1 heterocycles. The van der Waals surface area contributed by atoms with Crippen LogP contribution in [0.5, 0.6) is 0 Å². The van der Waals surface area contributed by atoms with E-state index in [4.69, 9.17) is 0 Å². The number of sulfonamides is 1. The highest BCUT2D eigenvalue weighted by Crippen LogP contribution is 2.22. The highest BCUT2D eigenvalue weighted by molar-refractivity contribution is 7.89. The Balaban J connectivity index is 2.49. The van der Waals surface area contributed by atoms with Crippen molar-refractivity contribution in [3.05, 3.63) is 5.01 Å². The Morgan fingerprint density at radius 3 is 2.37 bits per heavy atom. The van der Waals surface area contributed by atoms with Crippen LogP contribution in [0.1, 0.15) is 38.6 Å². The van der Waals surface area contributed by atoms with Crippen LogP contribution < -0.4 is 5.32 Å². The van der Waals surface area contributed by atoms with Gasteiger partial charge in [-0.15, -0.1) is 10.2 Å². The molecule has 19 heavy (non-hydrogen) atoms. The molecule has 0 aliphatic heterocycles. The maximum absolute atomic E-state index is 11.9. The van der Waals surface area contributed by atoms with E-state index >= 15 is 0 Å². The fourth-order valence-electron chi connectivity index (χ4n) is 1.57. The second-order valence-corrected chi connectivity index (χ2v) is 7.52. The lowest BCUT2D eigenvalue weighted by atomic mass is 10.2. The fraction of sp³-hybridized carbons (Fsp3) is 0.818. The van der Waals surface area contributed by atoms with Gasteiger partial charge in [0.2, 0.25) is 15.2 Å². The lowest BCUT2D eigenvalue weighted by molar-refractivity contribution is 0.446. The number of aromatic nitrogens is 2. The maximum Gasteiger partial charge on any atom is 0.215 e. The van der Waals surface area contributed by atoms with E-state index in [2.05, 4.69) is 29.4 Å². The van der Waals surface area contributed by atoms with E-state index in [1.807, 2.05) is 13.8 Å². The molecule has 1 N–H and O–H groups in total. The summed E-state index contributed by atoms with van der Waals surface area (Å²) in [7, 11) is -3.17. The predicted molar refractivity (Wildman–Crippen MR) is 79.2 cm³/mol. The lowest BCUT2D eigenvalue weighted by Gasteiger charge is -2.18. The summed E-state index contributed by atoms with van der Waals surface area (Å²) < 4.78 is 25.4. The van der Waals surface area contributed by atoms with Crippen LogP contribution in [0.4, 0.5) is 5.13 Å². The van der Waals surface area contributed by atoms with Gasteiger partial charge in [-0.2, -0.15) is 0 Å². The third-order valence-corrected chi connectivity index (χ3v) is 5.87. The van der Waals surface area contributed by atoms with E-state index in [1.165, 1.54) is 15.6 Å². The molecule has 1 aromatic heterocycles. The average molecular weight is 306 g/mol. The third-order valence-electron chi connectivity index (χ3n) is 2.67. The van der Waals surface area contributed by atoms with Gasteiger partial charge in [0.25, 0.3) is 0 Å². The Hall–Kier alpha value is -0.730. The van der Waals surface area contributed by atoms with E-state index < -0.39 is 10.0 Å².